The number of nitrogens with zero attached hydrogens (tertiary/aromatic N) is 3. The van der Waals surface area contributed by atoms with E-state index in [0.29, 0.717) is 36.1 Å². The number of benzene rings is 1. The number of hydrogen-bond donors (Lipinski definition) is 0. The highest BCUT2D eigenvalue weighted by molar-refractivity contribution is 6.30. The summed E-state index contributed by atoms with van der Waals surface area (Å²) < 4.78 is 18.9. The molecule has 0 aliphatic carbocycles. The monoisotopic (exact) mass is 321 g/mol. The summed E-state index contributed by atoms with van der Waals surface area (Å²) in [5.74, 6) is 1.96. The highest BCUT2D eigenvalue weighted by atomic mass is 16.6. The number of fused-ring (bicyclic) bond motifs is 2. The lowest BCUT2D eigenvalue weighted by molar-refractivity contribution is 0.100. The second-order valence-corrected chi connectivity index (χ2v) is 5.77. The first-order valence-corrected chi connectivity index (χ1v) is 7.73. The molecule has 7 heteroatoms. The summed E-state index contributed by atoms with van der Waals surface area (Å²) in [6, 6.07) is 7.60. The molecule has 2 radical (unpaired) electrons. The largest absolute Gasteiger partial charge is 0.493 e. The predicted molar refractivity (Wildman–Crippen MR) is 90.6 cm³/mol. The van der Waals surface area contributed by atoms with Crippen molar-refractivity contribution in [2.45, 2.75) is 19.6 Å². The maximum absolute atomic E-state index is 6.06. The number of pyridine rings is 1. The summed E-state index contributed by atoms with van der Waals surface area (Å²) in [7, 11) is 7.67. The summed E-state index contributed by atoms with van der Waals surface area (Å²) in [6.07, 6.45) is 1.73. The smallest absolute Gasteiger partial charge is 0.203 e. The fourth-order valence-corrected chi connectivity index (χ4v) is 2.87. The summed E-state index contributed by atoms with van der Waals surface area (Å²) in [6.45, 7) is 2.99. The standard InChI is InChI=1S/C17H16BN3O3/c1-10-9-23-15-13(22-2)6-11(7-14(15)24-10)8-21-16-12(20-17(21)18)4-3-5-19-16/h3-7,10H,8-9H2,1-2H3. The van der Waals surface area contributed by atoms with Gasteiger partial charge in [-0.15, -0.1) is 0 Å². The molecule has 3 aromatic rings. The van der Waals surface area contributed by atoms with Crippen molar-refractivity contribution < 1.29 is 14.2 Å². The van der Waals surface area contributed by atoms with Gasteiger partial charge >= 0.3 is 0 Å². The van der Waals surface area contributed by atoms with Crippen molar-refractivity contribution >= 4 is 24.7 Å². The number of ether oxygens (including phenoxy) is 3. The van der Waals surface area contributed by atoms with Crippen LogP contribution >= 0.6 is 0 Å². The molecule has 1 atom stereocenters. The van der Waals surface area contributed by atoms with E-state index in [4.69, 9.17) is 22.1 Å². The van der Waals surface area contributed by atoms with E-state index < -0.39 is 0 Å². The minimum Gasteiger partial charge on any atom is -0.493 e. The Labute approximate surface area is 140 Å². The number of rotatable bonds is 3. The van der Waals surface area contributed by atoms with E-state index in [-0.39, 0.29) is 6.10 Å². The van der Waals surface area contributed by atoms with Crippen molar-refractivity contribution in [1.29, 1.82) is 0 Å². The lowest BCUT2D eigenvalue weighted by Crippen LogP contribution is -2.26. The molecular weight excluding hydrogens is 305 g/mol. The van der Waals surface area contributed by atoms with Gasteiger partial charge in [-0.25, -0.2) is 9.97 Å². The molecule has 3 heterocycles. The minimum atomic E-state index is -0.00160. The van der Waals surface area contributed by atoms with Crippen LogP contribution in [0.4, 0.5) is 0 Å². The summed E-state index contributed by atoms with van der Waals surface area (Å²) in [5.41, 5.74) is 2.91. The van der Waals surface area contributed by atoms with Crippen LogP contribution in [-0.2, 0) is 6.54 Å². The van der Waals surface area contributed by atoms with Crippen LogP contribution in [0.2, 0.25) is 0 Å². The molecule has 0 saturated heterocycles. The van der Waals surface area contributed by atoms with E-state index in [2.05, 4.69) is 9.97 Å². The van der Waals surface area contributed by atoms with E-state index in [0.717, 1.165) is 16.7 Å². The van der Waals surface area contributed by atoms with Gasteiger partial charge in [-0.1, -0.05) is 0 Å². The van der Waals surface area contributed by atoms with E-state index in [1.807, 2.05) is 35.8 Å². The average Bonchev–Trinajstić information content (AvgIpc) is 2.89. The highest BCUT2D eigenvalue weighted by Gasteiger charge is 2.22. The molecule has 0 spiro atoms. The zero-order chi connectivity index (χ0) is 16.7. The summed E-state index contributed by atoms with van der Waals surface area (Å²) >= 11 is 0. The van der Waals surface area contributed by atoms with Crippen LogP contribution < -0.4 is 19.9 Å². The van der Waals surface area contributed by atoms with Crippen molar-refractivity contribution in [3.05, 3.63) is 36.0 Å². The predicted octanol–water partition coefficient (Wildman–Crippen LogP) is 1.44. The second kappa shape index (κ2) is 5.74. The number of methoxy groups -OCH3 is 1. The third kappa shape index (κ3) is 2.46. The molecule has 120 valence electrons. The van der Waals surface area contributed by atoms with Gasteiger partial charge in [-0.05, 0) is 36.8 Å². The molecule has 1 aliphatic rings. The van der Waals surface area contributed by atoms with Gasteiger partial charge in [0, 0.05) is 6.20 Å². The van der Waals surface area contributed by atoms with Gasteiger partial charge in [0.25, 0.3) is 0 Å². The average molecular weight is 321 g/mol. The molecule has 24 heavy (non-hydrogen) atoms. The first kappa shape index (κ1) is 14.9. The Hall–Kier alpha value is -2.70. The molecule has 1 aromatic carbocycles. The van der Waals surface area contributed by atoms with Gasteiger partial charge in [-0.2, -0.15) is 0 Å². The normalized spacial score (nSPS) is 16.3. The quantitative estimate of drug-likeness (QED) is 0.683. The van der Waals surface area contributed by atoms with Crippen LogP contribution in [0.5, 0.6) is 17.2 Å². The Morgan fingerprint density at radius 3 is 3.12 bits per heavy atom. The van der Waals surface area contributed by atoms with E-state index in [9.17, 15) is 0 Å². The van der Waals surface area contributed by atoms with Crippen LogP contribution in [0.1, 0.15) is 12.5 Å². The molecule has 0 amide bonds. The van der Waals surface area contributed by atoms with E-state index in [1.54, 1.807) is 13.3 Å². The Balaban J connectivity index is 1.77. The Kier molecular flexibility index (Phi) is 3.56. The van der Waals surface area contributed by atoms with Crippen LogP contribution in [0.25, 0.3) is 11.2 Å². The minimum absolute atomic E-state index is 0.00160. The van der Waals surface area contributed by atoms with Crippen LogP contribution in [0.3, 0.4) is 0 Å². The van der Waals surface area contributed by atoms with Gasteiger partial charge in [0.1, 0.15) is 18.2 Å². The molecule has 0 bridgehead atoms. The van der Waals surface area contributed by atoms with E-state index >= 15 is 0 Å². The van der Waals surface area contributed by atoms with Gasteiger partial charge in [0.05, 0.1) is 19.4 Å². The Bertz CT molecular complexity index is 909. The van der Waals surface area contributed by atoms with E-state index in [1.165, 1.54) is 0 Å². The molecule has 6 nitrogen and oxygen atoms in total. The molecule has 0 fully saturated rings. The van der Waals surface area contributed by atoms with Crippen LogP contribution in [0, 0.1) is 0 Å². The van der Waals surface area contributed by atoms with Gasteiger partial charge in [0.15, 0.2) is 25.0 Å². The highest BCUT2D eigenvalue weighted by Crippen LogP contribution is 2.41. The number of hydrogen-bond acceptors (Lipinski definition) is 5. The van der Waals surface area contributed by atoms with Gasteiger partial charge < -0.3 is 18.8 Å². The fourth-order valence-electron chi connectivity index (χ4n) is 2.87. The summed E-state index contributed by atoms with van der Waals surface area (Å²) in [5, 5.41) is 0. The van der Waals surface area contributed by atoms with Crippen molar-refractivity contribution in [2.24, 2.45) is 0 Å². The van der Waals surface area contributed by atoms with Crippen molar-refractivity contribution in [2.75, 3.05) is 13.7 Å². The van der Waals surface area contributed by atoms with Crippen LogP contribution in [0.15, 0.2) is 30.5 Å². The molecule has 0 saturated carbocycles. The SMILES string of the molecule is [B]c1nc2cccnc2n1Cc1cc(OC)c2c(c1)OC(C)CO2. The third-order valence-corrected chi connectivity index (χ3v) is 3.96. The molecule has 1 aliphatic heterocycles. The zero-order valence-corrected chi connectivity index (χ0v) is 13.5. The number of imidazole rings is 1. The van der Waals surface area contributed by atoms with Crippen molar-refractivity contribution in [1.82, 2.24) is 14.5 Å². The molecule has 1 unspecified atom stereocenters. The van der Waals surface area contributed by atoms with Crippen molar-refractivity contribution in [3.8, 4) is 17.2 Å². The first-order chi connectivity index (χ1) is 11.7. The zero-order valence-electron chi connectivity index (χ0n) is 13.5. The van der Waals surface area contributed by atoms with Crippen LogP contribution in [-0.4, -0.2) is 42.2 Å². The fraction of sp³-hybridized carbons (Fsp3) is 0.294. The Morgan fingerprint density at radius 1 is 1.42 bits per heavy atom. The maximum Gasteiger partial charge on any atom is 0.203 e. The second-order valence-electron chi connectivity index (χ2n) is 5.77. The third-order valence-electron chi connectivity index (χ3n) is 3.96. The molecule has 0 N–H and O–H groups in total. The van der Waals surface area contributed by atoms with Crippen molar-refractivity contribution in [3.63, 3.8) is 0 Å². The molecule has 2 aromatic heterocycles. The topological polar surface area (TPSA) is 58.4 Å². The lowest BCUT2D eigenvalue weighted by atomic mass is 10.1. The van der Waals surface area contributed by atoms with Gasteiger partial charge in [0.2, 0.25) is 5.75 Å². The molecule has 4 rings (SSSR count). The van der Waals surface area contributed by atoms with Gasteiger partial charge in [-0.3, -0.25) is 0 Å². The first-order valence-electron chi connectivity index (χ1n) is 7.73. The number of aromatic nitrogens is 3. The summed E-state index contributed by atoms with van der Waals surface area (Å²) in [4.78, 5) is 8.72. The lowest BCUT2D eigenvalue weighted by Gasteiger charge is -2.26. The Morgan fingerprint density at radius 2 is 2.29 bits per heavy atom. The maximum atomic E-state index is 6.06. The molecular formula is C17H16BN3O3.